The van der Waals surface area contributed by atoms with E-state index in [4.69, 9.17) is 9.05 Å². The SMILES string of the molecule is CC/C=C\C/C=C\C/C=C\C/C=C\C/C=C\C/C=C\C/C=C\C/C=C\CCCCCCCCCCC(=O)NC(COP(=O)(O)OCC[N+](C)(C)C)C(O)CCCCCCCCCCCCCCC. The molecule has 0 aromatic heterocycles. The van der Waals surface area contributed by atoms with E-state index in [2.05, 4.69) is 116 Å². The summed E-state index contributed by atoms with van der Waals surface area (Å²) in [7, 11) is 1.60. The van der Waals surface area contributed by atoms with Crippen molar-refractivity contribution in [2.75, 3.05) is 40.9 Å². The molecule has 0 spiro atoms. The average molecular weight is 970 g/mol. The number of amides is 1. The number of unbranched alkanes of at least 4 members (excludes halogenated alkanes) is 20. The lowest BCUT2D eigenvalue weighted by Crippen LogP contribution is -2.46. The van der Waals surface area contributed by atoms with Gasteiger partial charge in [0, 0.05) is 6.42 Å². The summed E-state index contributed by atoms with van der Waals surface area (Å²) in [6.45, 7) is 4.75. The van der Waals surface area contributed by atoms with Crippen LogP contribution in [0, 0.1) is 0 Å². The molecular weight excluding hydrogens is 864 g/mol. The van der Waals surface area contributed by atoms with Crippen LogP contribution < -0.4 is 5.32 Å². The second kappa shape index (κ2) is 49.4. The van der Waals surface area contributed by atoms with Gasteiger partial charge in [0.15, 0.2) is 0 Å². The molecule has 392 valence electrons. The molecule has 0 heterocycles. The summed E-state index contributed by atoms with van der Waals surface area (Å²) in [5.41, 5.74) is 0. The number of aliphatic hydroxyl groups excluding tert-OH is 1. The highest BCUT2D eigenvalue weighted by Gasteiger charge is 2.28. The van der Waals surface area contributed by atoms with Gasteiger partial charge in [0.2, 0.25) is 5.91 Å². The van der Waals surface area contributed by atoms with E-state index in [-0.39, 0.29) is 19.1 Å². The fraction of sp³-hybridized carbons (Fsp3) is 0.712. The summed E-state index contributed by atoms with van der Waals surface area (Å²) in [6, 6.07) is -0.771. The Morgan fingerprint density at radius 2 is 0.882 bits per heavy atom. The van der Waals surface area contributed by atoms with Crippen molar-refractivity contribution in [3.63, 3.8) is 0 Å². The zero-order chi connectivity index (χ0) is 49.9. The molecule has 3 atom stereocenters. The van der Waals surface area contributed by atoms with Crippen molar-refractivity contribution in [2.45, 2.75) is 231 Å². The monoisotopic (exact) mass is 970 g/mol. The molecule has 3 N–H and O–H groups in total. The quantitative estimate of drug-likeness (QED) is 0.0243. The Labute approximate surface area is 419 Å². The molecule has 0 aliphatic rings. The van der Waals surface area contributed by atoms with Crippen LogP contribution in [0.3, 0.4) is 0 Å². The molecule has 0 aliphatic heterocycles. The number of phosphoric acid groups is 1. The number of phosphoric ester groups is 1. The number of allylic oxidation sites excluding steroid dienone is 16. The van der Waals surface area contributed by atoms with E-state index in [1.54, 1.807) is 0 Å². The second-order valence-electron chi connectivity index (χ2n) is 19.6. The van der Waals surface area contributed by atoms with Crippen LogP contribution in [-0.4, -0.2) is 73.4 Å². The minimum atomic E-state index is -4.33. The van der Waals surface area contributed by atoms with E-state index in [1.807, 2.05) is 21.1 Å². The van der Waals surface area contributed by atoms with Crippen LogP contribution in [0.15, 0.2) is 97.2 Å². The van der Waals surface area contributed by atoms with E-state index in [1.165, 1.54) is 96.3 Å². The van der Waals surface area contributed by atoms with Crippen LogP contribution in [0.25, 0.3) is 0 Å². The molecule has 0 bridgehead atoms. The fourth-order valence-corrected chi connectivity index (χ4v) is 8.27. The Morgan fingerprint density at radius 1 is 0.515 bits per heavy atom. The normalized spacial score (nSPS) is 14.8. The van der Waals surface area contributed by atoms with Crippen molar-refractivity contribution >= 4 is 13.7 Å². The first-order valence-corrected chi connectivity index (χ1v) is 29.1. The highest BCUT2D eigenvalue weighted by Crippen LogP contribution is 2.43. The van der Waals surface area contributed by atoms with Crippen molar-refractivity contribution in [3.8, 4) is 0 Å². The minimum absolute atomic E-state index is 0.0684. The van der Waals surface area contributed by atoms with E-state index in [0.717, 1.165) is 96.3 Å². The summed E-state index contributed by atoms with van der Waals surface area (Å²) in [6.07, 6.45) is 70.2. The van der Waals surface area contributed by atoms with Gasteiger partial charge in [0.25, 0.3) is 0 Å². The number of nitrogens with zero attached hydrogens (tertiary/aromatic N) is 1. The summed E-state index contributed by atoms with van der Waals surface area (Å²) >= 11 is 0. The van der Waals surface area contributed by atoms with Crippen LogP contribution in [0.5, 0.6) is 0 Å². The fourth-order valence-electron chi connectivity index (χ4n) is 7.53. The van der Waals surface area contributed by atoms with Gasteiger partial charge in [-0.15, -0.1) is 0 Å². The summed E-state index contributed by atoms with van der Waals surface area (Å²) in [5, 5.41) is 14.0. The molecule has 8 nitrogen and oxygen atoms in total. The molecule has 0 saturated heterocycles. The van der Waals surface area contributed by atoms with E-state index >= 15 is 0 Å². The van der Waals surface area contributed by atoms with Crippen molar-refractivity contribution in [1.82, 2.24) is 5.32 Å². The van der Waals surface area contributed by atoms with Gasteiger partial charge in [-0.2, -0.15) is 0 Å². The molecule has 0 saturated carbocycles. The maximum absolute atomic E-state index is 13.0. The molecule has 9 heteroatoms. The summed E-state index contributed by atoms with van der Waals surface area (Å²) < 4.78 is 23.7. The van der Waals surface area contributed by atoms with Gasteiger partial charge in [-0.05, 0) is 77.0 Å². The third-order valence-electron chi connectivity index (χ3n) is 11.8. The Balaban J connectivity index is 4.16. The van der Waals surface area contributed by atoms with Gasteiger partial charge in [0.05, 0.1) is 39.9 Å². The third kappa shape index (κ3) is 51.3. The van der Waals surface area contributed by atoms with Gasteiger partial charge in [-0.25, -0.2) is 4.57 Å². The Kier molecular flexibility index (Phi) is 47.5. The second-order valence-corrected chi connectivity index (χ2v) is 21.0. The number of carbonyl (C=O) groups excluding carboxylic acids is 1. The molecule has 1 amide bonds. The van der Waals surface area contributed by atoms with Crippen LogP contribution in [0.1, 0.15) is 219 Å². The Bertz CT molecular complexity index is 1420. The highest BCUT2D eigenvalue weighted by atomic mass is 31.2. The smallest absolute Gasteiger partial charge is 0.391 e. The van der Waals surface area contributed by atoms with Gasteiger partial charge >= 0.3 is 7.82 Å². The number of aliphatic hydroxyl groups is 1. The number of nitrogens with one attached hydrogen (secondary N) is 1. The van der Waals surface area contributed by atoms with Gasteiger partial charge in [-0.1, -0.05) is 233 Å². The highest BCUT2D eigenvalue weighted by molar-refractivity contribution is 7.47. The first kappa shape index (κ1) is 65.4. The van der Waals surface area contributed by atoms with Crippen LogP contribution in [-0.2, 0) is 18.4 Å². The first-order valence-electron chi connectivity index (χ1n) is 27.6. The predicted molar refractivity (Wildman–Crippen MR) is 295 cm³/mol. The molecule has 0 aromatic rings. The number of quaternary nitrogens is 1. The van der Waals surface area contributed by atoms with E-state index in [9.17, 15) is 19.4 Å². The number of hydrogen-bond donors (Lipinski definition) is 3. The molecule has 0 rings (SSSR count). The predicted octanol–water partition coefficient (Wildman–Crippen LogP) is 16.6. The molecule has 0 aromatic carbocycles. The van der Waals surface area contributed by atoms with Crippen LogP contribution in [0.4, 0.5) is 0 Å². The number of hydrogen-bond acceptors (Lipinski definition) is 5. The van der Waals surface area contributed by atoms with Gasteiger partial charge in [0.1, 0.15) is 13.2 Å². The molecular formula is C59H106N2O6P+. The molecule has 3 unspecified atom stereocenters. The maximum Gasteiger partial charge on any atom is 0.472 e. The van der Waals surface area contributed by atoms with Gasteiger partial charge < -0.3 is 19.8 Å². The Hall–Kier alpha value is -2.58. The van der Waals surface area contributed by atoms with Gasteiger partial charge in [-0.3, -0.25) is 13.8 Å². The zero-order valence-corrected chi connectivity index (χ0v) is 45.5. The number of likely N-dealkylation sites (N-methyl/N-ethyl adjacent to an activating group) is 1. The average Bonchev–Trinajstić information content (AvgIpc) is 3.30. The van der Waals surface area contributed by atoms with Crippen LogP contribution in [0.2, 0.25) is 0 Å². The molecule has 0 aliphatic carbocycles. The molecule has 0 fully saturated rings. The van der Waals surface area contributed by atoms with Crippen LogP contribution >= 0.6 is 7.82 Å². The Morgan fingerprint density at radius 3 is 1.29 bits per heavy atom. The molecule has 68 heavy (non-hydrogen) atoms. The topological polar surface area (TPSA) is 105 Å². The standard InChI is InChI=1S/C59H105N2O6P/c1-6-8-10-12-14-16-18-20-21-22-23-24-25-26-27-28-29-30-31-32-33-34-35-36-37-38-39-41-43-45-47-49-51-53-59(63)60-57(56-67-68(64,65)66-55-54-61(3,4)5)58(62)52-50-48-46-44-42-40-19-17-15-13-11-9-7-2/h8,10,14,16,20-21,23-24,26-27,29-30,32-33,35-36,57-58,62H,6-7,9,11-13,15,17-19,22,25,28,31,34,37-56H2,1-5H3,(H-,60,63,64,65)/p+1/b10-8-,16-14-,21-20-,24-23-,27-26-,30-29-,33-32-,36-35-. The summed E-state index contributed by atoms with van der Waals surface area (Å²) in [4.78, 5) is 23.3. The lowest BCUT2D eigenvalue weighted by molar-refractivity contribution is -0.870. The number of carbonyl (C=O) groups is 1. The largest absolute Gasteiger partial charge is 0.472 e. The van der Waals surface area contributed by atoms with Crippen molar-refractivity contribution in [1.29, 1.82) is 0 Å². The van der Waals surface area contributed by atoms with Crippen molar-refractivity contribution < 1.29 is 32.9 Å². The summed E-state index contributed by atoms with van der Waals surface area (Å²) in [5.74, 6) is -0.157. The lowest BCUT2D eigenvalue weighted by atomic mass is 10.0. The van der Waals surface area contributed by atoms with E-state index < -0.39 is 20.0 Å². The first-order chi connectivity index (χ1) is 33.0. The third-order valence-corrected chi connectivity index (χ3v) is 12.8. The molecule has 0 radical (unpaired) electrons. The minimum Gasteiger partial charge on any atom is -0.391 e. The zero-order valence-electron chi connectivity index (χ0n) is 44.6. The number of rotatable bonds is 49. The van der Waals surface area contributed by atoms with E-state index in [0.29, 0.717) is 23.9 Å². The van der Waals surface area contributed by atoms with Crippen molar-refractivity contribution in [3.05, 3.63) is 97.2 Å². The van der Waals surface area contributed by atoms with Crippen molar-refractivity contribution in [2.24, 2.45) is 0 Å². The lowest BCUT2D eigenvalue weighted by Gasteiger charge is -2.26. The maximum atomic E-state index is 13.0.